The summed E-state index contributed by atoms with van der Waals surface area (Å²) in [5.41, 5.74) is 1.12. The highest BCUT2D eigenvalue weighted by molar-refractivity contribution is 7.90. The molecule has 0 N–H and O–H groups in total. The van der Waals surface area contributed by atoms with E-state index >= 15 is 0 Å². The minimum atomic E-state index is -3.44. The van der Waals surface area contributed by atoms with Crippen LogP contribution in [0.2, 0.25) is 0 Å². The fourth-order valence-corrected chi connectivity index (χ4v) is 4.91. The van der Waals surface area contributed by atoms with Gasteiger partial charge in [0, 0.05) is 6.26 Å². The van der Waals surface area contributed by atoms with Gasteiger partial charge in [0.25, 0.3) is 11.8 Å². The van der Waals surface area contributed by atoms with Crippen molar-refractivity contribution in [3.8, 4) is 0 Å². The number of sulfone groups is 1. The first-order chi connectivity index (χ1) is 14.7. The number of amides is 2. The Hall–Kier alpha value is -3.11. The van der Waals surface area contributed by atoms with E-state index in [0.29, 0.717) is 5.01 Å². The highest BCUT2D eigenvalue weighted by Gasteiger charge is 2.43. The molecule has 1 aromatic heterocycles. The first-order valence-corrected chi connectivity index (χ1v) is 12.3. The number of carbonyl (C=O) groups excluding carboxylic acids is 3. The molecule has 1 aliphatic rings. The Bertz CT molecular complexity index is 1230. The molecule has 0 radical (unpaired) electrons. The van der Waals surface area contributed by atoms with Crippen LogP contribution in [0.4, 0.5) is 0 Å². The molecular formula is C21H18N2O6S2. The molecule has 0 unspecified atom stereocenters. The van der Waals surface area contributed by atoms with Gasteiger partial charge in [-0.05, 0) is 30.7 Å². The van der Waals surface area contributed by atoms with Crippen LogP contribution in [0.5, 0.6) is 0 Å². The number of carbonyl (C=O) groups is 3. The van der Waals surface area contributed by atoms with Crippen LogP contribution >= 0.6 is 11.3 Å². The zero-order chi connectivity index (χ0) is 22.2. The summed E-state index contributed by atoms with van der Waals surface area (Å²) in [6, 6.07) is 12.3. The van der Waals surface area contributed by atoms with Crippen LogP contribution in [0, 0.1) is 0 Å². The first kappa shape index (κ1) is 21.1. The average Bonchev–Trinajstić information content (AvgIpc) is 3.26. The predicted octanol–water partition coefficient (Wildman–Crippen LogP) is 2.44. The second-order valence-electron chi connectivity index (χ2n) is 7.14. The van der Waals surface area contributed by atoms with Gasteiger partial charge in [0.05, 0.1) is 27.1 Å². The third kappa shape index (κ3) is 4.35. The Morgan fingerprint density at radius 3 is 2.29 bits per heavy atom. The second-order valence-corrected chi connectivity index (χ2v) is 10.5. The van der Waals surface area contributed by atoms with Crippen molar-refractivity contribution in [1.82, 2.24) is 9.88 Å². The number of thiazole rings is 1. The largest absolute Gasteiger partial charge is 0.457 e. The van der Waals surface area contributed by atoms with Gasteiger partial charge in [0.1, 0.15) is 27.5 Å². The number of imide groups is 1. The summed E-state index contributed by atoms with van der Waals surface area (Å²) < 4.78 is 29.7. The number of para-hydroxylation sites is 1. The van der Waals surface area contributed by atoms with E-state index in [9.17, 15) is 22.8 Å². The molecule has 1 aliphatic heterocycles. The Morgan fingerprint density at radius 2 is 1.68 bits per heavy atom. The summed E-state index contributed by atoms with van der Waals surface area (Å²) in [5.74, 6) is -2.51. The lowest BCUT2D eigenvalue weighted by Crippen LogP contribution is -2.46. The summed E-state index contributed by atoms with van der Waals surface area (Å²) in [5, 5.41) is 0.554. The quantitative estimate of drug-likeness (QED) is 0.395. The summed E-state index contributed by atoms with van der Waals surface area (Å²) in [4.78, 5) is 43.7. The number of esters is 1. The van der Waals surface area contributed by atoms with Gasteiger partial charge in [-0.25, -0.2) is 18.2 Å². The van der Waals surface area contributed by atoms with Gasteiger partial charge in [-0.3, -0.25) is 14.5 Å². The van der Waals surface area contributed by atoms with E-state index in [-0.39, 0.29) is 29.9 Å². The number of ether oxygens (including phenoxy) is 1. The van der Waals surface area contributed by atoms with Crippen molar-refractivity contribution in [2.24, 2.45) is 0 Å². The number of aromatic nitrogens is 1. The Labute approximate surface area is 182 Å². The molecule has 2 amide bonds. The number of hydrogen-bond donors (Lipinski definition) is 0. The Kier molecular flexibility index (Phi) is 5.59. The van der Waals surface area contributed by atoms with Gasteiger partial charge < -0.3 is 4.74 Å². The first-order valence-electron chi connectivity index (χ1n) is 9.40. The van der Waals surface area contributed by atoms with Gasteiger partial charge in [-0.15, -0.1) is 11.3 Å². The number of benzene rings is 2. The van der Waals surface area contributed by atoms with Crippen LogP contribution in [-0.4, -0.2) is 54.1 Å². The number of nitrogens with zero attached hydrogens (tertiary/aromatic N) is 2. The van der Waals surface area contributed by atoms with Crippen molar-refractivity contribution in [3.05, 3.63) is 64.7 Å². The van der Waals surface area contributed by atoms with Gasteiger partial charge in [0.2, 0.25) is 0 Å². The van der Waals surface area contributed by atoms with Crippen LogP contribution in [0.1, 0.15) is 32.1 Å². The minimum Gasteiger partial charge on any atom is -0.457 e. The third-order valence-corrected chi connectivity index (χ3v) is 6.83. The Morgan fingerprint density at radius 1 is 1.06 bits per heavy atom. The smallest absolute Gasteiger partial charge is 0.329 e. The van der Waals surface area contributed by atoms with Crippen molar-refractivity contribution >= 4 is 49.2 Å². The standard InChI is InChI=1S/C21H18N2O6S2/c1-31(27,28)11-10-16(23-19(24)13-6-2-3-7-14(13)20(23)25)21(26)29-12-18-22-15-8-4-5-9-17(15)30-18/h2-9,16H,10-12H2,1H3/t16-/m0/s1. The molecule has 160 valence electrons. The van der Waals surface area contributed by atoms with Crippen LogP contribution in [0.15, 0.2) is 48.5 Å². The van der Waals surface area contributed by atoms with Gasteiger partial charge in [-0.1, -0.05) is 24.3 Å². The molecule has 4 rings (SSSR count). The van der Waals surface area contributed by atoms with Crippen molar-refractivity contribution in [2.45, 2.75) is 19.1 Å². The highest BCUT2D eigenvalue weighted by atomic mass is 32.2. The molecule has 2 aromatic carbocycles. The number of fused-ring (bicyclic) bond motifs is 2. The van der Waals surface area contributed by atoms with E-state index in [1.807, 2.05) is 24.3 Å². The SMILES string of the molecule is CS(=O)(=O)CC[C@@H](C(=O)OCc1nc2ccccc2s1)N1C(=O)c2ccccc2C1=O. The Balaban J connectivity index is 1.56. The highest BCUT2D eigenvalue weighted by Crippen LogP contribution is 2.27. The zero-order valence-corrected chi connectivity index (χ0v) is 18.1. The molecule has 1 atom stereocenters. The van der Waals surface area contributed by atoms with Crippen molar-refractivity contribution in [1.29, 1.82) is 0 Å². The maximum atomic E-state index is 12.9. The van der Waals surface area contributed by atoms with E-state index in [2.05, 4.69) is 4.98 Å². The third-order valence-electron chi connectivity index (χ3n) is 4.85. The summed E-state index contributed by atoms with van der Waals surface area (Å²) in [6.07, 6.45) is 0.780. The molecule has 2 heterocycles. The topological polar surface area (TPSA) is 111 Å². The van der Waals surface area contributed by atoms with Crippen molar-refractivity contribution in [3.63, 3.8) is 0 Å². The van der Waals surface area contributed by atoms with Crippen LogP contribution in [0.3, 0.4) is 0 Å². The molecule has 8 nitrogen and oxygen atoms in total. The molecule has 31 heavy (non-hydrogen) atoms. The summed E-state index contributed by atoms with van der Waals surface area (Å²) >= 11 is 1.36. The minimum absolute atomic E-state index is 0.142. The molecule has 0 spiro atoms. The monoisotopic (exact) mass is 458 g/mol. The molecule has 0 saturated carbocycles. The lowest BCUT2D eigenvalue weighted by molar-refractivity contribution is -0.149. The second kappa shape index (κ2) is 8.20. The lowest BCUT2D eigenvalue weighted by Gasteiger charge is -2.24. The van der Waals surface area contributed by atoms with Crippen LogP contribution in [0.25, 0.3) is 10.2 Å². The molecule has 0 fully saturated rings. The molecule has 10 heteroatoms. The number of hydrogen-bond acceptors (Lipinski definition) is 8. The van der Waals surface area contributed by atoms with Gasteiger partial charge >= 0.3 is 5.97 Å². The van der Waals surface area contributed by atoms with Crippen molar-refractivity contribution in [2.75, 3.05) is 12.0 Å². The maximum absolute atomic E-state index is 12.9. The van der Waals surface area contributed by atoms with Gasteiger partial charge in [0.15, 0.2) is 0 Å². The summed E-state index contributed by atoms with van der Waals surface area (Å²) in [6.45, 7) is -0.142. The summed E-state index contributed by atoms with van der Waals surface area (Å²) in [7, 11) is -3.44. The molecule has 0 saturated heterocycles. The average molecular weight is 459 g/mol. The molecule has 3 aromatic rings. The van der Waals surface area contributed by atoms with E-state index in [1.165, 1.54) is 23.5 Å². The van der Waals surface area contributed by atoms with Crippen LogP contribution in [-0.2, 0) is 26.0 Å². The lowest BCUT2D eigenvalue weighted by atomic mass is 10.1. The van der Waals surface area contributed by atoms with E-state index in [0.717, 1.165) is 21.4 Å². The van der Waals surface area contributed by atoms with E-state index in [1.54, 1.807) is 12.1 Å². The zero-order valence-electron chi connectivity index (χ0n) is 16.5. The number of rotatable bonds is 7. The predicted molar refractivity (Wildman–Crippen MR) is 114 cm³/mol. The maximum Gasteiger partial charge on any atom is 0.329 e. The normalized spacial score (nSPS) is 14.7. The fourth-order valence-electron chi connectivity index (χ4n) is 3.38. The molecular weight excluding hydrogens is 440 g/mol. The fraction of sp³-hybridized carbons (Fsp3) is 0.238. The van der Waals surface area contributed by atoms with Crippen molar-refractivity contribution < 1.29 is 27.5 Å². The molecule has 0 aliphatic carbocycles. The van der Waals surface area contributed by atoms with Crippen LogP contribution < -0.4 is 0 Å². The molecule has 0 bridgehead atoms. The van der Waals surface area contributed by atoms with Gasteiger partial charge in [-0.2, -0.15) is 0 Å². The van der Waals surface area contributed by atoms with E-state index < -0.39 is 33.7 Å². The van der Waals surface area contributed by atoms with E-state index in [4.69, 9.17) is 4.74 Å².